The fourth-order valence-electron chi connectivity index (χ4n) is 0.876. The summed E-state index contributed by atoms with van der Waals surface area (Å²) < 4.78 is 9.49. The van der Waals surface area contributed by atoms with Crippen LogP contribution >= 0.6 is 0 Å². The first-order valence-corrected chi connectivity index (χ1v) is 4.55. The van der Waals surface area contributed by atoms with Crippen molar-refractivity contribution in [3.63, 3.8) is 0 Å². The third kappa shape index (κ3) is 6.23. The molecule has 7 nitrogen and oxygen atoms in total. The average Bonchev–Trinajstić information content (AvgIpc) is 2.25. The summed E-state index contributed by atoms with van der Waals surface area (Å²) in [5.74, 6) is -1.78. The molecule has 0 aliphatic carbocycles. The number of aliphatic hydroxyl groups is 1. The van der Waals surface area contributed by atoms with Crippen molar-refractivity contribution in [2.24, 2.45) is 5.92 Å². The van der Waals surface area contributed by atoms with Gasteiger partial charge in [-0.1, -0.05) is 6.92 Å². The quantitative estimate of drug-likeness (QED) is 0.382. The van der Waals surface area contributed by atoms with Crippen molar-refractivity contribution in [3.8, 4) is 0 Å². The smallest absolute Gasteiger partial charge is 0.329 e. The van der Waals surface area contributed by atoms with Crippen LogP contribution < -0.4 is 0 Å². The molecule has 0 fully saturated rings. The molecule has 0 radical (unpaired) electrons. The van der Waals surface area contributed by atoms with E-state index in [0.29, 0.717) is 6.29 Å². The zero-order valence-corrected chi connectivity index (χ0v) is 8.74. The lowest BCUT2D eigenvalue weighted by Gasteiger charge is -2.21. The normalized spacial score (nSPS) is 16.1. The fourth-order valence-corrected chi connectivity index (χ4v) is 0.876. The van der Waals surface area contributed by atoms with Crippen molar-refractivity contribution in [1.82, 2.24) is 0 Å². The molecule has 0 aromatic rings. The number of rotatable bonds is 9. The molecular formula is C9H14O7. The first-order chi connectivity index (χ1) is 7.51. The molecule has 0 heterocycles. The molecule has 0 aliphatic heterocycles. The van der Waals surface area contributed by atoms with Gasteiger partial charge in [0.15, 0.2) is 6.29 Å². The van der Waals surface area contributed by atoms with Crippen molar-refractivity contribution in [3.05, 3.63) is 0 Å². The second kappa shape index (κ2) is 7.91. The summed E-state index contributed by atoms with van der Waals surface area (Å²) in [6.07, 6.45) is -1.80. The Kier molecular flexibility index (Phi) is 7.27. The van der Waals surface area contributed by atoms with E-state index in [0.717, 1.165) is 0 Å². The minimum absolute atomic E-state index is 0.154. The summed E-state index contributed by atoms with van der Waals surface area (Å²) in [5.41, 5.74) is 0. The number of carbonyl (C=O) groups is 3. The summed E-state index contributed by atoms with van der Waals surface area (Å²) in [6, 6.07) is 0. The van der Waals surface area contributed by atoms with Gasteiger partial charge in [-0.25, -0.2) is 4.79 Å². The highest BCUT2D eigenvalue weighted by molar-refractivity contribution is 5.68. The van der Waals surface area contributed by atoms with Crippen molar-refractivity contribution in [2.75, 3.05) is 13.2 Å². The molecule has 0 spiro atoms. The van der Waals surface area contributed by atoms with Crippen LogP contribution in [0.25, 0.3) is 0 Å². The van der Waals surface area contributed by atoms with Gasteiger partial charge in [0.2, 0.25) is 6.29 Å². The number of carboxylic acids is 1. The van der Waals surface area contributed by atoms with Crippen molar-refractivity contribution in [1.29, 1.82) is 0 Å². The molecule has 3 atom stereocenters. The molecule has 16 heavy (non-hydrogen) atoms. The number of hydrogen-bond acceptors (Lipinski definition) is 6. The van der Waals surface area contributed by atoms with E-state index in [4.69, 9.17) is 19.7 Å². The van der Waals surface area contributed by atoms with Crippen LogP contribution in [-0.2, 0) is 23.9 Å². The van der Waals surface area contributed by atoms with Crippen molar-refractivity contribution in [2.45, 2.75) is 19.3 Å². The molecule has 2 N–H and O–H groups in total. The molecule has 0 amide bonds. The molecule has 0 saturated carbocycles. The van der Waals surface area contributed by atoms with Crippen LogP contribution in [0.15, 0.2) is 0 Å². The molecular weight excluding hydrogens is 220 g/mol. The average molecular weight is 234 g/mol. The van der Waals surface area contributed by atoms with E-state index < -0.39 is 30.9 Å². The Balaban J connectivity index is 4.14. The standard InChI is InChI=1S/C9H14O7/c1-6(2-10)7(16-9(14)3-11)4-15-5-8(12)13/h2-3,6-7,9,14H,4-5H2,1H3,(H,12,13). The van der Waals surface area contributed by atoms with Crippen LogP contribution in [0.1, 0.15) is 6.92 Å². The number of aldehydes is 2. The van der Waals surface area contributed by atoms with E-state index in [9.17, 15) is 14.4 Å². The molecule has 0 aromatic heterocycles. The van der Waals surface area contributed by atoms with Crippen LogP contribution in [-0.4, -0.2) is 54.4 Å². The Morgan fingerprint density at radius 2 is 2.00 bits per heavy atom. The summed E-state index contributed by atoms with van der Waals surface area (Å²) >= 11 is 0. The highest BCUT2D eigenvalue weighted by Crippen LogP contribution is 2.07. The Morgan fingerprint density at radius 1 is 1.38 bits per heavy atom. The lowest BCUT2D eigenvalue weighted by molar-refractivity contribution is -0.172. The van der Waals surface area contributed by atoms with E-state index in [2.05, 4.69) is 0 Å². The summed E-state index contributed by atoms with van der Waals surface area (Å²) in [7, 11) is 0. The van der Waals surface area contributed by atoms with E-state index in [1.807, 2.05) is 0 Å². The number of carboxylic acid groups (broad SMARTS) is 1. The molecule has 0 aliphatic rings. The Hall–Kier alpha value is -1.31. The van der Waals surface area contributed by atoms with Crippen LogP contribution in [0.5, 0.6) is 0 Å². The van der Waals surface area contributed by atoms with Crippen molar-refractivity contribution >= 4 is 18.5 Å². The number of hydrogen-bond donors (Lipinski definition) is 2. The number of aliphatic carboxylic acids is 1. The van der Waals surface area contributed by atoms with Gasteiger partial charge >= 0.3 is 5.97 Å². The van der Waals surface area contributed by atoms with Crippen LogP contribution in [0, 0.1) is 5.92 Å². The zero-order valence-electron chi connectivity index (χ0n) is 8.74. The van der Waals surface area contributed by atoms with Crippen LogP contribution in [0.2, 0.25) is 0 Å². The molecule has 0 bridgehead atoms. The van der Waals surface area contributed by atoms with Gasteiger partial charge in [0.05, 0.1) is 12.7 Å². The van der Waals surface area contributed by atoms with Gasteiger partial charge < -0.3 is 24.5 Å². The Bertz CT molecular complexity index is 240. The predicted molar refractivity (Wildman–Crippen MR) is 50.6 cm³/mol. The number of aliphatic hydroxyl groups excluding tert-OH is 1. The number of ether oxygens (including phenoxy) is 2. The van der Waals surface area contributed by atoms with Crippen LogP contribution in [0.3, 0.4) is 0 Å². The maximum atomic E-state index is 10.5. The summed E-state index contributed by atoms with van der Waals surface area (Å²) in [6.45, 7) is 0.763. The lowest BCUT2D eigenvalue weighted by Crippen LogP contribution is -2.34. The van der Waals surface area contributed by atoms with Gasteiger partial charge in [-0.3, -0.25) is 4.79 Å². The number of carbonyl (C=O) groups excluding carboxylic acids is 2. The van der Waals surface area contributed by atoms with Gasteiger partial charge in [0.25, 0.3) is 0 Å². The highest BCUT2D eigenvalue weighted by Gasteiger charge is 2.21. The maximum Gasteiger partial charge on any atom is 0.329 e. The molecule has 3 unspecified atom stereocenters. The second-order valence-corrected chi connectivity index (χ2v) is 3.11. The predicted octanol–water partition coefficient (Wildman–Crippen LogP) is -1.17. The SMILES string of the molecule is CC(C=O)C(COCC(=O)O)OC(O)C=O. The minimum atomic E-state index is -1.65. The molecule has 7 heteroatoms. The summed E-state index contributed by atoms with van der Waals surface area (Å²) in [5, 5.41) is 17.2. The van der Waals surface area contributed by atoms with E-state index in [-0.39, 0.29) is 12.9 Å². The van der Waals surface area contributed by atoms with E-state index in [1.54, 1.807) is 0 Å². The summed E-state index contributed by atoms with van der Waals surface area (Å²) in [4.78, 5) is 30.8. The lowest BCUT2D eigenvalue weighted by atomic mass is 10.1. The van der Waals surface area contributed by atoms with E-state index >= 15 is 0 Å². The van der Waals surface area contributed by atoms with E-state index in [1.165, 1.54) is 6.92 Å². The largest absolute Gasteiger partial charge is 0.480 e. The van der Waals surface area contributed by atoms with Gasteiger partial charge in [0.1, 0.15) is 12.9 Å². The Morgan fingerprint density at radius 3 is 2.44 bits per heavy atom. The molecule has 92 valence electrons. The van der Waals surface area contributed by atoms with Crippen molar-refractivity contribution < 1.29 is 34.1 Å². The molecule has 0 saturated heterocycles. The van der Waals surface area contributed by atoms with Crippen LogP contribution in [0.4, 0.5) is 0 Å². The Labute approximate surface area is 92.0 Å². The zero-order chi connectivity index (χ0) is 12.6. The van der Waals surface area contributed by atoms with Gasteiger partial charge in [-0.05, 0) is 0 Å². The molecule has 0 aromatic carbocycles. The second-order valence-electron chi connectivity index (χ2n) is 3.11. The van der Waals surface area contributed by atoms with Gasteiger partial charge in [-0.15, -0.1) is 0 Å². The monoisotopic (exact) mass is 234 g/mol. The molecule has 0 rings (SSSR count). The third-order valence-electron chi connectivity index (χ3n) is 1.74. The first kappa shape index (κ1) is 14.7. The van der Waals surface area contributed by atoms with Gasteiger partial charge in [0, 0.05) is 5.92 Å². The topological polar surface area (TPSA) is 110 Å². The van der Waals surface area contributed by atoms with Gasteiger partial charge in [-0.2, -0.15) is 0 Å². The third-order valence-corrected chi connectivity index (χ3v) is 1.74. The highest BCUT2D eigenvalue weighted by atomic mass is 16.6. The first-order valence-electron chi connectivity index (χ1n) is 4.55. The minimum Gasteiger partial charge on any atom is -0.480 e. The fraction of sp³-hybridized carbons (Fsp3) is 0.667. The maximum absolute atomic E-state index is 10.5.